The second-order valence-corrected chi connectivity index (χ2v) is 7.34. The van der Waals surface area contributed by atoms with E-state index < -0.39 is 11.5 Å². The number of carbonyl (C=O) groups excluding carboxylic acids is 1. The molecule has 8 heteroatoms. The average Bonchev–Trinajstić information content (AvgIpc) is 3.28. The van der Waals surface area contributed by atoms with Crippen LogP contribution in [0.15, 0.2) is 64.9 Å². The number of methoxy groups -OCH3 is 1. The quantitative estimate of drug-likeness (QED) is 0.532. The molecule has 0 aliphatic carbocycles. The molecular weight excluding hydrogens is 388 g/mol. The first kappa shape index (κ1) is 18.8. The Morgan fingerprint density at radius 3 is 2.72 bits per heavy atom. The van der Waals surface area contributed by atoms with Gasteiger partial charge in [-0.25, -0.2) is 9.97 Å². The summed E-state index contributed by atoms with van der Waals surface area (Å²) in [4.78, 5) is 35.3. The van der Waals surface area contributed by atoms with Gasteiger partial charge in [-0.15, -0.1) is 11.3 Å². The van der Waals surface area contributed by atoms with E-state index in [0.717, 1.165) is 16.2 Å². The monoisotopic (exact) mass is 406 g/mol. The topological polar surface area (TPSA) is 86.1 Å². The van der Waals surface area contributed by atoms with Crippen molar-refractivity contribution in [2.45, 2.75) is 13.1 Å². The van der Waals surface area contributed by atoms with E-state index in [0.29, 0.717) is 17.7 Å². The van der Waals surface area contributed by atoms with E-state index in [4.69, 9.17) is 4.74 Å². The van der Waals surface area contributed by atoms with E-state index in [1.165, 1.54) is 15.9 Å². The summed E-state index contributed by atoms with van der Waals surface area (Å²) in [6.07, 6.45) is 1.60. The third-order valence-corrected chi connectivity index (χ3v) is 5.30. The molecule has 0 saturated carbocycles. The first-order valence-corrected chi connectivity index (χ1v) is 9.83. The van der Waals surface area contributed by atoms with Crippen LogP contribution in [0, 0.1) is 0 Å². The van der Waals surface area contributed by atoms with Crippen LogP contribution in [0.3, 0.4) is 0 Å². The molecule has 146 valence electrons. The lowest BCUT2D eigenvalue weighted by atomic mass is 10.2. The number of aromatic nitrogens is 3. The SMILES string of the molecule is COc1ccc(Cn2c(=O)c(C(=O)NCc3cccs3)nc3cccnc32)cc1. The Balaban J connectivity index is 1.71. The van der Waals surface area contributed by atoms with Gasteiger partial charge in [-0.05, 0) is 41.3 Å². The Bertz CT molecular complexity index is 1200. The summed E-state index contributed by atoms with van der Waals surface area (Å²) in [5.74, 6) is 0.227. The first-order valence-electron chi connectivity index (χ1n) is 8.95. The molecule has 0 aliphatic heterocycles. The normalized spacial score (nSPS) is 10.8. The highest BCUT2D eigenvalue weighted by molar-refractivity contribution is 7.09. The third kappa shape index (κ3) is 4.02. The van der Waals surface area contributed by atoms with Crippen LogP contribution >= 0.6 is 11.3 Å². The van der Waals surface area contributed by atoms with Crippen molar-refractivity contribution in [3.8, 4) is 5.75 Å². The molecule has 0 radical (unpaired) electrons. The lowest BCUT2D eigenvalue weighted by Crippen LogP contribution is -2.35. The number of hydrogen-bond acceptors (Lipinski definition) is 6. The van der Waals surface area contributed by atoms with Crippen molar-refractivity contribution in [1.29, 1.82) is 0 Å². The molecule has 29 heavy (non-hydrogen) atoms. The van der Waals surface area contributed by atoms with Crippen molar-refractivity contribution in [2.24, 2.45) is 0 Å². The fraction of sp³-hybridized carbons (Fsp3) is 0.143. The second-order valence-electron chi connectivity index (χ2n) is 6.31. The standard InChI is InChI=1S/C21H18N4O3S/c1-28-15-8-6-14(7-9-15)13-25-19-17(5-2-10-22-19)24-18(21(25)27)20(26)23-12-16-4-3-11-29-16/h2-11H,12-13H2,1H3,(H,23,26). The van der Waals surface area contributed by atoms with Crippen molar-refractivity contribution in [2.75, 3.05) is 7.11 Å². The van der Waals surface area contributed by atoms with Crippen molar-refractivity contribution in [1.82, 2.24) is 19.9 Å². The number of nitrogens with zero attached hydrogens (tertiary/aromatic N) is 3. The summed E-state index contributed by atoms with van der Waals surface area (Å²) in [6.45, 7) is 0.616. The minimum atomic E-state index is -0.502. The van der Waals surface area contributed by atoms with Gasteiger partial charge in [0.25, 0.3) is 11.5 Å². The molecule has 3 aromatic heterocycles. The Labute approximate surface area is 170 Å². The van der Waals surface area contributed by atoms with Crippen LogP contribution in [-0.2, 0) is 13.1 Å². The van der Waals surface area contributed by atoms with E-state index in [1.54, 1.807) is 25.4 Å². The molecule has 1 amide bonds. The lowest BCUT2D eigenvalue weighted by Gasteiger charge is -2.12. The molecule has 0 unspecified atom stereocenters. The van der Waals surface area contributed by atoms with Gasteiger partial charge in [0.15, 0.2) is 11.3 Å². The molecular formula is C21H18N4O3S. The Kier molecular flexibility index (Phi) is 5.35. The molecule has 0 spiro atoms. The number of ether oxygens (including phenoxy) is 1. The summed E-state index contributed by atoms with van der Waals surface area (Å²) >= 11 is 1.54. The van der Waals surface area contributed by atoms with Crippen LogP contribution < -0.4 is 15.6 Å². The zero-order valence-electron chi connectivity index (χ0n) is 15.7. The number of rotatable bonds is 6. The van der Waals surface area contributed by atoms with Gasteiger partial charge in [0.1, 0.15) is 11.3 Å². The number of hydrogen-bond donors (Lipinski definition) is 1. The average molecular weight is 406 g/mol. The van der Waals surface area contributed by atoms with Crippen LogP contribution in [0.1, 0.15) is 20.9 Å². The van der Waals surface area contributed by atoms with Crippen LogP contribution in [0.25, 0.3) is 11.2 Å². The van der Waals surface area contributed by atoms with E-state index in [9.17, 15) is 9.59 Å². The minimum Gasteiger partial charge on any atom is -0.497 e. The molecule has 3 heterocycles. The van der Waals surface area contributed by atoms with Crippen molar-refractivity contribution in [3.05, 3.63) is 86.6 Å². The molecule has 4 aromatic rings. The summed E-state index contributed by atoms with van der Waals surface area (Å²) < 4.78 is 6.65. The zero-order chi connectivity index (χ0) is 20.2. The summed E-state index contributed by atoms with van der Waals surface area (Å²) in [5, 5.41) is 4.71. The van der Waals surface area contributed by atoms with Crippen molar-refractivity contribution < 1.29 is 9.53 Å². The molecule has 0 atom stereocenters. The summed E-state index contributed by atoms with van der Waals surface area (Å²) in [6, 6.07) is 14.7. The second kappa shape index (κ2) is 8.24. The van der Waals surface area contributed by atoms with Crippen LogP contribution in [0.5, 0.6) is 5.75 Å². The van der Waals surface area contributed by atoms with E-state index in [1.807, 2.05) is 41.8 Å². The number of benzene rings is 1. The number of pyridine rings is 1. The maximum atomic E-state index is 13.1. The highest BCUT2D eigenvalue weighted by Gasteiger charge is 2.18. The smallest absolute Gasteiger partial charge is 0.284 e. The maximum Gasteiger partial charge on any atom is 0.284 e. The van der Waals surface area contributed by atoms with E-state index in [2.05, 4.69) is 15.3 Å². The van der Waals surface area contributed by atoms with Crippen LogP contribution in [0.4, 0.5) is 0 Å². The molecule has 0 saturated heterocycles. The first-order chi connectivity index (χ1) is 14.2. The van der Waals surface area contributed by atoms with Crippen LogP contribution in [0.2, 0.25) is 0 Å². The van der Waals surface area contributed by atoms with Gasteiger partial charge in [-0.2, -0.15) is 0 Å². The van der Waals surface area contributed by atoms with Gasteiger partial charge in [0, 0.05) is 11.1 Å². The Morgan fingerprint density at radius 2 is 2.00 bits per heavy atom. The van der Waals surface area contributed by atoms with Gasteiger partial charge < -0.3 is 10.1 Å². The van der Waals surface area contributed by atoms with E-state index >= 15 is 0 Å². The maximum absolute atomic E-state index is 13.1. The number of nitrogens with one attached hydrogen (secondary N) is 1. The number of thiophene rings is 1. The minimum absolute atomic E-state index is 0.143. The molecule has 0 bridgehead atoms. The predicted octanol–water partition coefficient (Wildman–Crippen LogP) is 2.84. The molecule has 0 fully saturated rings. The van der Waals surface area contributed by atoms with E-state index in [-0.39, 0.29) is 12.2 Å². The largest absolute Gasteiger partial charge is 0.497 e. The zero-order valence-corrected chi connectivity index (χ0v) is 16.5. The fourth-order valence-electron chi connectivity index (χ4n) is 2.95. The van der Waals surface area contributed by atoms with Gasteiger partial charge in [-0.1, -0.05) is 18.2 Å². The summed E-state index contributed by atoms with van der Waals surface area (Å²) in [7, 11) is 1.60. The van der Waals surface area contributed by atoms with Crippen LogP contribution in [-0.4, -0.2) is 27.6 Å². The molecule has 4 rings (SSSR count). The van der Waals surface area contributed by atoms with Gasteiger partial charge in [0.2, 0.25) is 0 Å². The summed E-state index contributed by atoms with van der Waals surface area (Å²) in [5.41, 5.74) is 1.19. The van der Waals surface area contributed by atoms with Gasteiger partial charge in [0.05, 0.1) is 20.2 Å². The number of fused-ring (bicyclic) bond motifs is 1. The predicted molar refractivity (Wildman–Crippen MR) is 111 cm³/mol. The highest BCUT2D eigenvalue weighted by atomic mass is 32.1. The molecule has 7 nitrogen and oxygen atoms in total. The molecule has 1 aromatic carbocycles. The van der Waals surface area contributed by atoms with Crippen molar-refractivity contribution in [3.63, 3.8) is 0 Å². The third-order valence-electron chi connectivity index (χ3n) is 4.42. The number of carbonyl (C=O) groups is 1. The fourth-order valence-corrected chi connectivity index (χ4v) is 3.59. The molecule has 1 N–H and O–H groups in total. The Morgan fingerprint density at radius 1 is 1.17 bits per heavy atom. The molecule has 0 aliphatic rings. The lowest BCUT2D eigenvalue weighted by molar-refractivity contribution is 0.0944. The Hall–Kier alpha value is -3.52. The van der Waals surface area contributed by atoms with Gasteiger partial charge >= 0.3 is 0 Å². The number of amides is 1. The van der Waals surface area contributed by atoms with Crippen molar-refractivity contribution >= 4 is 28.4 Å². The van der Waals surface area contributed by atoms with Gasteiger partial charge in [-0.3, -0.25) is 14.2 Å². The highest BCUT2D eigenvalue weighted by Crippen LogP contribution is 2.14.